The molecule has 182 valence electrons. The highest BCUT2D eigenvalue weighted by molar-refractivity contribution is 7.14. The first-order chi connectivity index (χ1) is 16.5. The number of carbonyl (C=O) groups excluding carboxylic acids is 2. The summed E-state index contributed by atoms with van der Waals surface area (Å²) < 4.78 is 1.96. The molecule has 8 heteroatoms. The van der Waals surface area contributed by atoms with E-state index >= 15 is 0 Å². The van der Waals surface area contributed by atoms with Crippen molar-refractivity contribution in [1.82, 2.24) is 14.9 Å². The van der Waals surface area contributed by atoms with Gasteiger partial charge in [0.1, 0.15) is 0 Å². The fraction of sp³-hybridized carbons (Fsp3) is 0.259. The van der Waals surface area contributed by atoms with Crippen LogP contribution in [0.2, 0.25) is 0 Å². The molecule has 3 rings (SSSR count). The predicted molar refractivity (Wildman–Crippen MR) is 145 cm³/mol. The number of allylic oxidation sites excluding steroid dienone is 3. The van der Waals surface area contributed by atoms with E-state index in [-0.39, 0.29) is 23.9 Å². The molecule has 0 fully saturated rings. The van der Waals surface area contributed by atoms with Crippen LogP contribution in [0.3, 0.4) is 0 Å². The molecule has 0 aliphatic carbocycles. The average Bonchev–Trinajstić information content (AvgIpc) is 3.47. The Morgan fingerprint density at radius 1 is 1.20 bits per heavy atom. The summed E-state index contributed by atoms with van der Waals surface area (Å²) in [6.07, 6.45) is 7.30. The Kier molecular flexibility index (Phi) is 8.19. The van der Waals surface area contributed by atoms with Crippen molar-refractivity contribution in [2.45, 2.75) is 40.2 Å². The van der Waals surface area contributed by atoms with E-state index in [9.17, 15) is 9.59 Å². The number of benzene rings is 1. The molecule has 0 aliphatic heterocycles. The quantitative estimate of drug-likeness (QED) is 0.395. The van der Waals surface area contributed by atoms with Crippen LogP contribution >= 0.6 is 11.3 Å². The molecular formula is C27H31N5O2S. The lowest BCUT2D eigenvalue weighted by Crippen LogP contribution is -2.32. The molecule has 0 saturated heterocycles. The van der Waals surface area contributed by atoms with Gasteiger partial charge in [-0.05, 0) is 64.0 Å². The topological polar surface area (TPSA) is 88.4 Å². The maximum absolute atomic E-state index is 12.4. The average molecular weight is 490 g/mol. The number of nitrogens with zero attached hydrogens (tertiary/aromatic N) is 3. The Hall–Kier alpha value is -3.78. The molecule has 0 spiro atoms. The molecule has 2 amide bonds. The lowest BCUT2D eigenvalue weighted by Gasteiger charge is -2.20. The highest BCUT2D eigenvalue weighted by atomic mass is 32.1. The van der Waals surface area contributed by atoms with Crippen LogP contribution in [0.1, 0.15) is 50.5 Å². The largest absolute Gasteiger partial charge is 0.348 e. The van der Waals surface area contributed by atoms with E-state index in [0.29, 0.717) is 10.7 Å². The molecule has 1 aromatic carbocycles. The van der Waals surface area contributed by atoms with Crippen molar-refractivity contribution in [3.05, 3.63) is 77.6 Å². The molecule has 3 aromatic rings. The van der Waals surface area contributed by atoms with Crippen molar-refractivity contribution < 1.29 is 9.59 Å². The summed E-state index contributed by atoms with van der Waals surface area (Å²) in [6.45, 7) is 13.6. The van der Waals surface area contributed by atoms with Crippen LogP contribution in [0.15, 0.2) is 71.4 Å². The molecule has 0 saturated carbocycles. The van der Waals surface area contributed by atoms with Gasteiger partial charge in [-0.2, -0.15) is 0 Å². The van der Waals surface area contributed by atoms with Crippen LogP contribution in [0.25, 0.3) is 16.8 Å². The van der Waals surface area contributed by atoms with Gasteiger partial charge in [0.25, 0.3) is 5.91 Å². The van der Waals surface area contributed by atoms with Crippen LogP contribution < -0.4 is 10.6 Å². The number of nitrogens with one attached hydrogen (secondary N) is 2. The molecule has 0 unspecified atom stereocenters. The number of hydrogen-bond acceptors (Lipinski definition) is 5. The minimum absolute atomic E-state index is 0.119. The third-order valence-corrected chi connectivity index (χ3v) is 5.88. The second-order valence-corrected chi connectivity index (χ2v) is 10.0. The van der Waals surface area contributed by atoms with Crippen molar-refractivity contribution in [3.8, 4) is 11.3 Å². The summed E-state index contributed by atoms with van der Waals surface area (Å²) in [6, 6.07) is 9.76. The second-order valence-electron chi connectivity index (χ2n) is 9.19. The van der Waals surface area contributed by atoms with E-state index in [2.05, 4.69) is 48.0 Å². The Morgan fingerprint density at radius 3 is 2.66 bits per heavy atom. The van der Waals surface area contributed by atoms with Crippen molar-refractivity contribution in [1.29, 1.82) is 0 Å². The van der Waals surface area contributed by atoms with E-state index in [1.807, 2.05) is 60.3 Å². The minimum Gasteiger partial charge on any atom is -0.348 e. The van der Waals surface area contributed by atoms with Crippen molar-refractivity contribution >= 4 is 40.1 Å². The second kappa shape index (κ2) is 11.1. The van der Waals surface area contributed by atoms with Gasteiger partial charge in [0.15, 0.2) is 5.13 Å². The third kappa shape index (κ3) is 7.35. The SMILES string of the molecule is C=C(C)N=C/C=C(\C)c1cccc(-c2csc(NC(=O)CNC(=O)c3ccn(C(C)(C)C)c3)n2)c1. The highest BCUT2D eigenvalue weighted by Crippen LogP contribution is 2.27. The maximum Gasteiger partial charge on any atom is 0.253 e. The highest BCUT2D eigenvalue weighted by Gasteiger charge is 2.16. The summed E-state index contributed by atoms with van der Waals surface area (Å²) in [5.41, 5.74) is 4.97. The summed E-state index contributed by atoms with van der Waals surface area (Å²) in [7, 11) is 0. The summed E-state index contributed by atoms with van der Waals surface area (Å²) in [4.78, 5) is 33.5. The molecule has 2 aromatic heterocycles. The van der Waals surface area contributed by atoms with E-state index in [0.717, 1.165) is 28.1 Å². The Labute approximate surface area is 210 Å². The molecule has 0 aliphatic rings. The maximum atomic E-state index is 12.4. The van der Waals surface area contributed by atoms with Crippen LogP contribution in [0.4, 0.5) is 5.13 Å². The third-order valence-electron chi connectivity index (χ3n) is 5.12. The zero-order valence-corrected chi connectivity index (χ0v) is 21.6. The van der Waals surface area contributed by atoms with Crippen molar-refractivity contribution in [2.24, 2.45) is 4.99 Å². The molecule has 2 heterocycles. The van der Waals surface area contributed by atoms with Gasteiger partial charge >= 0.3 is 0 Å². The van der Waals surface area contributed by atoms with Gasteiger partial charge in [0.2, 0.25) is 5.91 Å². The van der Waals surface area contributed by atoms with Crippen LogP contribution in [-0.2, 0) is 10.3 Å². The van der Waals surface area contributed by atoms with E-state index in [1.54, 1.807) is 18.5 Å². The molecule has 0 atom stereocenters. The predicted octanol–water partition coefficient (Wildman–Crippen LogP) is 5.74. The number of aromatic nitrogens is 2. The lowest BCUT2D eigenvalue weighted by atomic mass is 10.0. The first kappa shape index (κ1) is 25.8. The fourth-order valence-corrected chi connectivity index (χ4v) is 3.87. The molecular weight excluding hydrogens is 458 g/mol. The first-order valence-electron chi connectivity index (χ1n) is 11.2. The Bertz CT molecular complexity index is 1290. The monoisotopic (exact) mass is 489 g/mol. The Morgan fingerprint density at radius 2 is 1.97 bits per heavy atom. The van der Waals surface area contributed by atoms with Gasteiger partial charge in [0.05, 0.1) is 17.8 Å². The van der Waals surface area contributed by atoms with Crippen molar-refractivity contribution in [3.63, 3.8) is 0 Å². The smallest absolute Gasteiger partial charge is 0.253 e. The minimum atomic E-state index is -0.334. The fourth-order valence-electron chi connectivity index (χ4n) is 3.13. The number of carbonyl (C=O) groups is 2. The molecule has 35 heavy (non-hydrogen) atoms. The van der Waals surface area contributed by atoms with Crippen molar-refractivity contribution in [2.75, 3.05) is 11.9 Å². The van der Waals surface area contributed by atoms with Crippen LogP contribution in [0.5, 0.6) is 0 Å². The summed E-state index contributed by atoms with van der Waals surface area (Å²) in [5, 5.41) is 7.78. The molecule has 0 radical (unpaired) electrons. The van der Waals surface area contributed by atoms with Gasteiger partial charge in [-0.1, -0.05) is 24.8 Å². The number of amides is 2. The molecule has 2 N–H and O–H groups in total. The number of hydrogen-bond donors (Lipinski definition) is 2. The number of thiazole rings is 1. The van der Waals surface area contributed by atoms with Crippen LogP contribution in [-0.4, -0.2) is 34.1 Å². The summed E-state index contributed by atoms with van der Waals surface area (Å²) >= 11 is 1.34. The van der Waals surface area contributed by atoms with Crippen LogP contribution in [0, 0.1) is 0 Å². The molecule has 0 bridgehead atoms. The lowest BCUT2D eigenvalue weighted by molar-refractivity contribution is -0.115. The van der Waals surface area contributed by atoms with Gasteiger partial charge in [-0.15, -0.1) is 11.3 Å². The zero-order chi connectivity index (χ0) is 25.6. The van der Waals surface area contributed by atoms with E-state index < -0.39 is 0 Å². The standard InChI is InChI=1S/C27H31N5O2S/c1-18(2)28-12-10-19(3)20-8-7-9-21(14-20)23-17-35-26(30-23)31-24(33)15-29-25(34)22-11-13-32(16-22)27(4,5)6/h7-14,16-17H,1,15H2,2-6H3,(H,29,34)(H,30,31,33)/b19-10+,28-12?. The zero-order valence-electron chi connectivity index (χ0n) is 20.8. The van der Waals surface area contributed by atoms with E-state index in [1.165, 1.54) is 11.3 Å². The first-order valence-corrected chi connectivity index (χ1v) is 12.1. The normalized spacial score (nSPS) is 12.1. The van der Waals surface area contributed by atoms with Gasteiger partial charge < -0.3 is 15.2 Å². The summed E-state index contributed by atoms with van der Waals surface area (Å²) in [5.74, 6) is -0.629. The number of rotatable bonds is 8. The number of anilines is 1. The Balaban J connectivity index is 1.59. The van der Waals surface area contributed by atoms with Gasteiger partial charge in [-0.25, -0.2) is 4.98 Å². The van der Waals surface area contributed by atoms with Gasteiger partial charge in [0, 0.05) is 40.8 Å². The van der Waals surface area contributed by atoms with E-state index in [4.69, 9.17) is 0 Å². The van der Waals surface area contributed by atoms with Gasteiger partial charge in [-0.3, -0.25) is 14.6 Å². The molecule has 7 nitrogen and oxygen atoms in total. The number of aliphatic imine (C=N–C) groups is 1.